The number of ether oxygens (including phenoxy) is 4. The molecule has 1 fully saturated rings. The van der Waals surface area contributed by atoms with Crippen molar-refractivity contribution in [1.82, 2.24) is 4.90 Å². The van der Waals surface area contributed by atoms with Crippen LogP contribution in [0.5, 0.6) is 0 Å². The number of anilines is 1. The van der Waals surface area contributed by atoms with Gasteiger partial charge in [-0.3, -0.25) is 4.90 Å². The second-order valence-corrected chi connectivity index (χ2v) is 10.3. The van der Waals surface area contributed by atoms with Gasteiger partial charge in [-0.1, -0.05) is 36.0 Å². The normalized spacial score (nSPS) is 19.9. The van der Waals surface area contributed by atoms with Crippen LogP contribution in [0.4, 0.5) is 5.69 Å². The highest BCUT2D eigenvalue weighted by Crippen LogP contribution is 2.17. The number of rotatable bonds is 3. The van der Waals surface area contributed by atoms with Crippen molar-refractivity contribution in [1.29, 1.82) is 5.26 Å². The summed E-state index contributed by atoms with van der Waals surface area (Å²) in [4.78, 5) is 4.60. The molecule has 7 nitrogen and oxygen atoms in total. The van der Waals surface area contributed by atoms with Crippen LogP contribution < -0.4 is 4.90 Å². The first-order chi connectivity index (χ1) is 21.2. The lowest BCUT2D eigenvalue weighted by Gasteiger charge is -2.25. The summed E-state index contributed by atoms with van der Waals surface area (Å²) in [7, 11) is 0. The van der Waals surface area contributed by atoms with Crippen molar-refractivity contribution in [3.8, 4) is 30.3 Å². The lowest BCUT2D eigenvalue weighted by Crippen LogP contribution is -2.34. The molecule has 2 aliphatic rings. The van der Waals surface area contributed by atoms with E-state index >= 15 is 0 Å². The van der Waals surface area contributed by atoms with E-state index in [1.165, 1.54) is 5.57 Å². The van der Waals surface area contributed by atoms with Gasteiger partial charge in [-0.2, -0.15) is 5.26 Å². The molecule has 224 valence electrons. The van der Waals surface area contributed by atoms with Crippen molar-refractivity contribution in [2.75, 3.05) is 90.5 Å². The van der Waals surface area contributed by atoms with Crippen LogP contribution in [0.15, 0.2) is 72.3 Å². The Balaban J connectivity index is 1.25. The van der Waals surface area contributed by atoms with E-state index in [0.29, 0.717) is 52.9 Å². The number of nitrogens with zero attached hydrogens (tertiary/aromatic N) is 3. The SMILES string of the molecule is C#Cc1ccc(C#Cc2ccc(N3CCOCCOCCN(CC4=CCC(C#N)C=C4)CCOCCOCC3)cc2)cc1. The fourth-order valence-corrected chi connectivity index (χ4v) is 4.71. The molecule has 0 spiro atoms. The molecule has 0 aromatic heterocycles. The minimum absolute atomic E-state index is 0.0156. The molecule has 0 amide bonds. The van der Waals surface area contributed by atoms with Crippen LogP contribution in [-0.4, -0.2) is 90.5 Å². The van der Waals surface area contributed by atoms with Gasteiger partial charge in [0.05, 0.1) is 64.8 Å². The zero-order valence-corrected chi connectivity index (χ0v) is 24.9. The molecular formula is C36H41N3O4. The van der Waals surface area contributed by atoms with E-state index in [0.717, 1.165) is 61.5 Å². The maximum atomic E-state index is 9.12. The van der Waals surface area contributed by atoms with E-state index in [1.54, 1.807) is 0 Å². The molecule has 1 unspecified atom stereocenters. The topological polar surface area (TPSA) is 67.2 Å². The largest absolute Gasteiger partial charge is 0.378 e. The average Bonchev–Trinajstić information content (AvgIpc) is 3.05. The summed E-state index contributed by atoms with van der Waals surface area (Å²) in [5.74, 6) is 9.03. The number of benzene rings is 2. The smallest absolute Gasteiger partial charge is 0.0701 e. The van der Waals surface area contributed by atoms with Crippen molar-refractivity contribution in [3.05, 3.63) is 89.0 Å². The maximum Gasteiger partial charge on any atom is 0.0701 e. The van der Waals surface area contributed by atoms with Gasteiger partial charge in [0.1, 0.15) is 0 Å². The van der Waals surface area contributed by atoms with Gasteiger partial charge < -0.3 is 23.8 Å². The fourth-order valence-electron chi connectivity index (χ4n) is 4.71. The summed E-state index contributed by atoms with van der Waals surface area (Å²) in [6.07, 6.45) is 12.4. The Labute approximate surface area is 256 Å². The van der Waals surface area contributed by atoms with E-state index < -0.39 is 0 Å². The molecule has 4 rings (SSSR count). The highest BCUT2D eigenvalue weighted by molar-refractivity contribution is 5.52. The zero-order chi connectivity index (χ0) is 30.0. The molecule has 1 aliphatic heterocycles. The lowest BCUT2D eigenvalue weighted by molar-refractivity contribution is 0.0240. The molecule has 43 heavy (non-hydrogen) atoms. The third-order valence-corrected chi connectivity index (χ3v) is 7.24. The van der Waals surface area contributed by atoms with Gasteiger partial charge >= 0.3 is 0 Å². The van der Waals surface area contributed by atoms with Crippen LogP contribution in [0.25, 0.3) is 0 Å². The van der Waals surface area contributed by atoms with Gasteiger partial charge in [-0.05, 0) is 60.5 Å². The minimum Gasteiger partial charge on any atom is -0.378 e. The van der Waals surface area contributed by atoms with Crippen molar-refractivity contribution in [2.24, 2.45) is 5.92 Å². The van der Waals surface area contributed by atoms with Crippen molar-refractivity contribution >= 4 is 5.69 Å². The first-order valence-corrected chi connectivity index (χ1v) is 15.0. The second-order valence-electron chi connectivity index (χ2n) is 10.3. The molecule has 1 saturated heterocycles. The molecule has 7 heteroatoms. The number of hydrogen-bond donors (Lipinski definition) is 0. The predicted octanol–water partition coefficient (Wildman–Crippen LogP) is 4.28. The fraction of sp³-hybridized carbons (Fsp3) is 0.417. The summed E-state index contributed by atoms with van der Waals surface area (Å²) >= 11 is 0. The van der Waals surface area contributed by atoms with Crippen LogP contribution >= 0.6 is 0 Å². The summed E-state index contributed by atoms with van der Waals surface area (Å²) in [6, 6.07) is 18.3. The van der Waals surface area contributed by atoms with Crippen molar-refractivity contribution in [2.45, 2.75) is 6.42 Å². The molecule has 0 radical (unpaired) electrons. The van der Waals surface area contributed by atoms with Crippen molar-refractivity contribution in [3.63, 3.8) is 0 Å². The Kier molecular flexibility index (Phi) is 13.9. The quantitative estimate of drug-likeness (QED) is 0.503. The molecule has 1 atom stereocenters. The zero-order valence-electron chi connectivity index (χ0n) is 24.9. The number of hydrogen-bond acceptors (Lipinski definition) is 7. The Morgan fingerprint density at radius 2 is 1.21 bits per heavy atom. The summed E-state index contributed by atoms with van der Waals surface area (Å²) in [5, 5.41) is 9.12. The molecule has 0 N–H and O–H groups in total. The number of nitriles is 1. The Hall–Kier alpha value is -3.87. The van der Waals surface area contributed by atoms with Crippen LogP contribution in [0.1, 0.15) is 23.1 Å². The first-order valence-electron chi connectivity index (χ1n) is 15.0. The van der Waals surface area contributed by atoms with E-state index in [4.69, 9.17) is 30.6 Å². The van der Waals surface area contributed by atoms with Crippen molar-refractivity contribution < 1.29 is 18.9 Å². The Morgan fingerprint density at radius 3 is 1.70 bits per heavy atom. The van der Waals surface area contributed by atoms with E-state index in [2.05, 4.69) is 57.9 Å². The van der Waals surface area contributed by atoms with Crippen LogP contribution in [0.3, 0.4) is 0 Å². The van der Waals surface area contributed by atoms with Gasteiger partial charge in [0.2, 0.25) is 0 Å². The first kappa shape index (κ1) is 32.1. The number of allylic oxidation sites excluding steroid dienone is 2. The summed E-state index contributed by atoms with van der Waals surface area (Å²) in [6.45, 7) is 8.57. The molecule has 1 heterocycles. The van der Waals surface area contributed by atoms with Gasteiger partial charge in [-0.15, -0.1) is 6.42 Å². The lowest BCUT2D eigenvalue weighted by atomic mass is 9.98. The van der Waals surface area contributed by atoms with E-state index in [9.17, 15) is 0 Å². The monoisotopic (exact) mass is 579 g/mol. The van der Waals surface area contributed by atoms with Crippen LogP contribution in [0, 0.1) is 41.4 Å². The standard InChI is InChI=1S/C36H41N3O4/c1-2-31-3-5-32(6-4-31)7-8-33-13-15-36(16-14-33)39-19-23-42-27-25-40-21-17-38(18-22-41-26-28-43-24-20-39)30-35-11-9-34(29-37)10-12-35/h1,3-6,9,11-16,34H,10,17-28,30H2. The van der Waals surface area contributed by atoms with Gasteiger partial charge in [0.25, 0.3) is 0 Å². The van der Waals surface area contributed by atoms with E-state index in [-0.39, 0.29) is 5.92 Å². The molecule has 2 aromatic rings. The summed E-state index contributed by atoms with van der Waals surface area (Å²) < 4.78 is 23.6. The average molecular weight is 580 g/mol. The number of terminal acetylenes is 1. The predicted molar refractivity (Wildman–Crippen MR) is 170 cm³/mol. The third kappa shape index (κ3) is 11.7. The minimum atomic E-state index is -0.0156. The van der Waals surface area contributed by atoms with Crippen LogP contribution in [0.2, 0.25) is 0 Å². The second kappa shape index (κ2) is 18.6. The molecule has 2 aromatic carbocycles. The Bertz CT molecular complexity index is 1310. The van der Waals surface area contributed by atoms with Gasteiger partial charge in [0, 0.05) is 55.1 Å². The molecule has 0 saturated carbocycles. The maximum absolute atomic E-state index is 9.12. The molecule has 0 bridgehead atoms. The summed E-state index contributed by atoms with van der Waals surface area (Å²) in [5.41, 5.74) is 5.07. The Morgan fingerprint density at radius 1 is 0.698 bits per heavy atom. The van der Waals surface area contributed by atoms with Crippen LogP contribution in [-0.2, 0) is 18.9 Å². The van der Waals surface area contributed by atoms with Gasteiger partial charge in [0.15, 0.2) is 0 Å². The van der Waals surface area contributed by atoms with Gasteiger partial charge in [-0.25, -0.2) is 0 Å². The highest BCUT2D eigenvalue weighted by Gasteiger charge is 2.12. The molecule has 1 aliphatic carbocycles. The van der Waals surface area contributed by atoms with E-state index in [1.807, 2.05) is 42.5 Å². The highest BCUT2D eigenvalue weighted by atomic mass is 16.5. The third-order valence-electron chi connectivity index (χ3n) is 7.24. The molecular weight excluding hydrogens is 538 g/mol.